The Morgan fingerprint density at radius 1 is 1.03 bits per heavy atom. The molecular weight excluding hydrogens is 496 g/mol. The zero-order valence-electron chi connectivity index (χ0n) is 24.0. The summed E-state index contributed by atoms with van der Waals surface area (Å²) in [4.78, 5) is 2.37. The maximum Gasteiger partial charge on any atom is 0.142 e. The first-order valence-corrected chi connectivity index (χ1v) is 14.3. The number of rotatable bonds is 14. The number of hydrogen-bond donors (Lipinski definition) is 2. The third-order valence-corrected chi connectivity index (χ3v) is 8.10. The van der Waals surface area contributed by atoms with Gasteiger partial charge in [0.05, 0.1) is 50.4 Å². The molecule has 8 heteroatoms. The molecule has 2 N–H and O–H groups in total. The van der Waals surface area contributed by atoms with Gasteiger partial charge in [-0.15, -0.1) is 0 Å². The molecule has 1 fully saturated rings. The summed E-state index contributed by atoms with van der Waals surface area (Å²) in [6, 6.07) is 14.5. The molecule has 0 aromatic heterocycles. The van der Waals surface area contributed by atoms with Crippen molar-refractivity contribution in [3.8, 4) is 11.5 Å². The van der Waals surface area contributed by atoms with Crippen LogP contribution in [0.1, 0.15) is 50.2 Å². The van der Waals surface area contributed by atoms with Crippen LogP contribution in [0.2, 0.25) is 0 Å². The molecule has 216 valence electrons. The van der Waals surface area contributed by atoms with Gasteiger partial charge < -0.3 is 39.0 Å². The highest BCUT2D eigenvalue weighted by Gasteiger charge is 2.37. The van der Waals surface area contributed by atoms with E-state index in [0.717, 1.165) is 61.0 Å². The Bertz CT molecular complexity index is 1010. The van der Waals surface area contributed by atoms with Crippen molar-refractivity contribution in [2.75, 3.05) is 65.1 Å². The van der Waals surface area contributed by atoms with Crippen LogP contribution in [0.5, 0.6) is 11.5 Å². The third-order valence-electron chi connectivity index (χ3n) is 8.10. The maximum atomic E-state index is 10.9. The minimum Gasteiger partial charge on any atom is -0.497 e. The van der Waals surface area contributed by atoms with Crippen molar-refractivity contribution in [2.45, 2.75) is 63.4 Å². The van der Waals surface area contributed by atoms with Crippen molar-refractivity contribution in [2.24, 2.45) is 0 Å². The summed E-state index contributed by atoms with van der Waals surface area (Å²) >= 11 is 0. The van der Waals surface area contributed by atoms with Crippen molar-refractivity contribution < 1.29 is 28.8 Å². The lowest BCUT2D eigenvalue weighted by Gasteiger charge is -2.40. The van der Waals surface area contributed by atoms with E-state index >= 15 is 0 Å². The van der Waals surface area contributed by atoms with Gasteiger partial charge in [-0.2, -0.15) is 0 Å². The molecule has 0 aliphatic carbocycles. The summed E-state index contributed by atoms with van der Waals surface area (Å²) < 4.78 is 29.6. The van der Waals surface area contributed by atoms with Crippen molar-refractivity contribution in [3.05, 3.63) is 53.6 Å². The number of hydrogen-bond acceptors (Lipinski definition) is 8. The number of ether oxygens (including phenoxy) is 5. The summed E-state index contributed by atoms with van der Waals surface area (Å²) in [5.41, 5.74) is 2.55. The Hall–Kier alpha value is -2.36. The highest BCUT2D eigenvalue weighted by molar-refractivity contribution is 5.61. The standard InChI is InChI=1S/C31H46N2O6/c1-5-31(34,6-2)22-39-29-20-32-19-28(30(29)24-9-11-25(36-4)12-10-24)38-21-23-8-13-27-26(18-23)33(15-17-37-27)14-7-16-35-3/h8-13,18,28-30,32,34H,5-7,14-17,19-22H2,1-4H3/t28-,29+,30+/m0/s1. The van der Waals surface area contributed by atoms with E-state index in [1.54, 1.807) is 14.2 Å². The molecule has 0 unspecified atom stereocenters. The fourth-order valence-electron chi connectivity index (χ4n) is 5.40. The molecule has 0 radical (unpaired) electrons. The lowest BCUT2D eigenvalue weighted by Crippen LogP contribution is -2.52. The number of piperidine rings is 1. The van der Waals surface area contributed by atoms with E-state index < -0.39 is 5.60 Å². The molecule has 2 heterocycles. The highest BCUT2D eigenvalue weighted by atomic mass is 16.5. The van der Waals surface area contributed by atoms with Crippen molar-refractivity contribution in [1.29, 1.82) is 0 Å². The van der Waals surface area contributed by atoms with Crippen LogP contribution in [-0.2, 0) is 20.8 Å². The van der Waals surface area contributed by atoms with Gasteiger partial charge in [-0.05, 0) is 54.7 Å². The number of benzene rings is 2. The molecule has 1 saturated heterocycles. The molecule has 2 aliphatic rings. The van der Waals surface area contributed by atoms with Gasteiger partial charge in [0.1, 0.15) is 18.1 Å². The van der Waals surface area contributed by atoms with Crippen LogP contribution in [-0.4, -0.2) is 83.1 Å². The number of methoxy groups -OCH3 is 2. The Labute approximate surface area is 233 Å². The summed E-state index contributed by atoms with van der Waals surface area (Å²) in [5, 5.41) is 14.4. The maximum absolute atomic E-state index is 10.9. The first-order valence-electron chi connectivity index (χ1n) is 14.3. The summed E-state index contributed by atoms with van der Waals surface area (Å²) in [7, 11) is 3.42. The van der Waals surface area contributed by atoms with E-state index in [4.69, 9.17) is 23.7 Å². The number of nitrogens with zero attached hydrogens (tertiary/aromatic N) is 1. The lowest BCUT2D eigenvalue weighted by molar-refractivity contribution is -0.109. The van der Waals surface area contributed by atoms with Crippen LogP contribution in [0, 0.1) is 0 Å². The molecule has 39 heavy (non-hydrogen) atoms. The Balaban J connectivity index is 1.50. The zero-order chi connectivity index (χ0) is 27.7. The lowest BCUT2D eigenvalue weighted by atomic mass is 9.85. The largest absolute Gasteiger partial charge is 0.497 e. The Morgan fingerprint density at radius 3 is 2.46 bits per heavy atom. The van der Waals surface area contributed by atoms with E-state index in [9.17, 15) is 5.11 Å². The first kappa shape index (κ1) is 29.6. The topological polar surface area (TPSA) is 81.7 Å². The number of nitrogens with one attached hydrogen (secondary N) is 1. The Kier molecular flexibility index (Phi) is 10.9. The minimum atomic E-state index is -0.821. The normalized spacial score (nSPS) is 21.4. The zero-order valence-corrected chi connectivity index (χ0v) is 24.0. The van der Waals surface area contributed by atoms with Crippen molar-refractivity contribution >= 4 is 5.69 Å². The van der Waals surface area contributed by atoms with Gasteiger partial charge in [0, 0.05) is 39.3 Å². The molecule has 0 spiro atoms. The van der Waals surface area contributed by atoms with E-state index in [0.29, 0.717) is 39.2 Å². The molecule has 0 bridgehead atoms. The fraction of sp³-hybridized carbons (Fsp3) is 0.613. The molecule has 0 amide bonds. The molecule has 3 atom stereocenters. The van der Waals surface area contributed by atoms with Crippen LogP contribution in [0.3, 0.4) is 0 Å². The second-order valence-corrected chi connectivity index (χ2v) is 10.6. The molecule has 2 aromatic rings. The summed E-state index contributed by atoms with van der Waals surface area (Å²) in [6.07, 6.45) is 2.05. The fourth-order valence-corrected chi connectivity index (χ4v) is 5.40. The average Bonchev–Trinajstić information content (AvgIpc) is 2.99. The second kappa shape index (κ2) is 14.3. The van der Waals surface area contributed by atoms with Crippen LogP contribution in [0.15, 0.2) is 42.5 Å². The van der Waals surface area contributed by atoms with Crippen molar-refractivity contribution in [3.63, 3.8) is 0 Å². The SMILES string of the molecule is CCC(O)(CC)CO[C@@H]1CNC[C@H](OCc2ccc3c(c2)N(CCCOC)CCO3)[C@H]1c1ccc(OC)cc1. The van der Waals surface area contributed by atoms with Gasteiger partial charge in [-0.3, -0.25) is 0 Å². The number of anilines is 1. The van der Waals surface area contributed by atoms with Crippen LogP contribution >= 0.6 is 0 Å². The van der Waals surface area contributed by atoms with Crippen LogP contribution in [0.25, 0.3) is 0 Å². The first-order chi connectivity index (χ1) is 19.0. The summed E-state index contributed by atoms with van der Waals surface area (Å²) in [5.74, 6) is 1.76. The average molecular weight is 543 g/mol. The van der Waals surface area contributed by atoms with Crippen LogP contribution in [0.4, 0.5) is 5.69 Å². The van der Waals surface area contributed by atoms with Gasteiger partial charge >= 0.3 is 0 Å². The monoisotopic (exact) mass is 542 g/mol. The quantitative estimate of drug-likeness (QED) is 0.345. The predicted octanol–water partition coefficient (Wildman–Crippen LogP) is 4.14. The second-order valence-electron chi connectivity index (χ2n) is 10.6. The van der Waals surface area contributed by atoms with Gasteiger partial charge in [0.15, 0.2) is 0 Å². The van der Waals surface area contributed by atoms with Crippen LogP contribution < -0.4 is 19.7 Å². The van der Waals surface area contributed by atoms with E-state index in [2.05, 4.69) is 40.5 Å². The van der Waals surface area contributed by atoms with E-state index in [1.807, 2.05) is 26.0 Å². The third kappa shape index (κ3) is 7.64. The van der Waals surface area contributed by atoms with Crippen molar-refractivity contribution in [1.82, 2.24) is 5.32 Å². The summed E-state index contributed by atoms with van der Waals surface area (Å²) in [6.45, 7) is 9.45. The van der Waals surface area contributed by atoms with Gasteiger partial charge in [-0.25, -0.2) is 0 Å². The predicted molar refractivity (Wildman–Crippen MR) is 153 cm³/mol. The molecular formula is C31H46N2O6. The Morgan fingerprint density at radius 2 is 1.77 bits per heavy atom. The number of fused-ring (bicyclic) bond motifs is 1. The minimum absolute atomic E-state index is 0.0154. The number of aliphatic hydroxyl groups is 1. The van der Waals surface area contributed by atoms with Gasteiger partial charge in [0.2, 0.25) is 0 Å². The molecule has 2 aromatic carbocycles. The molecule has 4 rings (SSSR count). The smallest absolute Gasteiger partial charge is 0.142 e. The highest BCUT2D eigenvalue weighted by Crippen LogP contribution is 2.35. The van der Waals surface area contributed by atoms with E-state index in [1.165, 1.54) is 0 Å². The van der Waals surface area contributed by atoms with E-state index in [-0.39, 0.29) is 18.1 Å². The molecule has 2 aliphatic heterocycles. The molecule has 8 nitrogen and oxygen atoms in total. The molecule has 0 saturated carbocycles. The van der Waals surface area contributed by atoms with Gasteiger partial charge in [-0.1, -0.05) is 32.0 Å². The van der Waals surface area contributed by atoms with Gasteiger partial charge in [0.25, 0.3) is 0 Å².